The van der Waals surface area contributed by atoms with Crippen LogP contribution >= 0.6 is 23.7 Å². The Labute approximate surface area is 224 Å². The summed E-state index contributed by atoms with van der Waals surface area (Å²) in [6, 6.07) is 8.75. The van der Waals surface area contributed by atoms with Crippen LogP contribution in [0.2, 0.25) is 0 Å². The van der Waals surface area contributed by atoms with Gasteiger partial charge < -0.3 is 10.5 Å². The minimum Gasteiger partial charge on any atom is -0.394 e. The van der Waals surface area contributed by atoms with E-state index in [1.807, 2.05) is 12.1 Å². The van der Waals surface area contributed by atoms with E-state index in [0.717, 1.165) is 67.0 Å². The lowest BCUT2D eigenvalue weighted by Gasteiger charge is -2.34. The summed E-state index contributed by atoms with van der Waals surface area (Å²) < 4.78 is 59.8. The number of nitrogens with zero attached hydrogens (tertiary/aromatic N) is 1. The van der Waals surface area contributed by atoms with Crippen molar-refractivity contribution in [1.29, 1.82) is 0 Å². The average molecular weight is 560 g/mol. The molecule has 0 bridgehead atoms. The normalized spacial score (nSPS) is 20.0. The largest absolute Gasteiger partial charge is 0.394 e. The van der Waals surface area contributed by atoms with Gasteiger partial charge in [0, 0.05) is 29.5 Å². The molecule has 2 fully saturated rings. The fourth-order valence-electron chi connectivity index (χ4n) is 3.79. The van der Waals surface area contributed by atoms with E-state index in [4.69, 9.17) is 10.5 Å². The van der Waals surface area contributed by atoms with Crippen molar-refractivity contribution in [3.05, 3.63) is 53.8 Å². The van der Waals surface area contributed by atoms with E-state index in [1.165, 1.54) is 12.1 Å². The number of carbonyl (C=O) groups is 1. The molecule has 37 heavy (non-hydrogen) atoms. The molecule has 1 unspecified atom stereocenters. The Bertz CT molecular complexity index is 994. The van der Waals surface area contributed by atoms with Gasteiger partial charge in [0.2, 0.25) is 0 Å². The van der Waals surface area contributed by atoms with Gasteiger partial charge in [0.05, 0.1) is 0 Å². The maximum absolute atomic E-state index is 13.3. The van der Waals surface area contributed by atoms with Gasteiger partial charge in [-0.3, -0.25) is 14.4 Å². The number of ether oxygens (including phenoxy) is 1. The lowest BCUT2D eigenvalue weighted by atomic mass is 9.95. The number of unbranched alkanes of at least 4 members (excludes halogenated alkanes) is 1. The molecule has 2 saturated heterocycles. The van der Waals surface area contributed by atoms with Crippen LogP contribution < -0.4 is 10.5 Å². The number of alkyl halides is 1. The maximum atomic E-state index is 13.3. The summed E-state index contributed by atoms with van der Waals surface area (Å²) in [6.45, 7) is 4.49. The van der Waals surface area contributed by atoms with Crippen molar-refractivity contribution in [2.75, 3.05) is 37.7 Å². The smallest absolute Gasteiger partial charge is 0.262 e. The van der Waals surface area contributed by atoms with Crippen LogP contribution in [0.4, 0.5) is 23.2 Å². The summed E-state index contributed by atoms with van der Waals surface area (Å²) in [6.07, 6.45) is 4.12. The summed E-state index contributed by atoms with van der Waals surface area (Å²) in [5, 5.41) is 0. The first-order valence-corrected chi connectivity index (χ1v) is 14.1. The molecule has 0 radical (unpaired) electrons. The minimum atomic E-state index is -0.879. The van der Waals surface area contributed by atoms with Crippen LogP contribution in [0.15, 0.2) is 46.2 Å². The van der Waals surface area contributed by atoms with Crippen LogP contribution in [0.5, 0.6) is 0 Å². The SMILES string of the molecule is CC1(C(=O)NSc2cc(F)c(N)c(F)c2)CCCCO1.Fc1ccc(SCCCCN2CC(F)C2)cc1. The monoisotopic (exact) mass is 559 g/mol. The van der Waals surface area contributed by atoms with Gasteiger partial charge in [0.25, 0.3) is 5.91 Å². The van der Waals surface area contributed by atoms with Crippen molar-refractivity contribution in [3.63, 3.8) is 0 Å². The third-order valence-electron chi connectivity index (χ3n) is 6.13. The van der Waals surface area contributed by atoms with Crippen molar-refractivity contribution in [2.45, 2.75) is 60.6 Å². The van der Waals surface area contributed by atoms with E-state index >= 15 is 0 Å². The minimum absolute atomic E-state index is 0.187. The van der Waals surface area contributed by atoms with E-state index < -0.39 is 29.1 Å². The van der Waals surface area contributed by atoms with Crippen LogP contribution in [0.25, 0.3) is 0 Å². The Hall–Kier alpha value is -1.95. The van der Waals surface area contributed by atoms with Gasteiger partial charge in [-0.15, -0.1) is 11.8 Å². The number of thioether (sulfide) groups is 1. The molecule has 0 aliphatic carbocycles. The van der Waals surface area contributed by atoms with Crippen LogP contribution in [0.3, 0.4) is 0 Å². The molecule has 2 aliphatic heterocycles. The second kappa shape index (κ2) is 14.3. The maximum Gasteiger partial charge on any atom is 0.262 e. The molecule has 2 aromatic rings. The van der Waals surface area contributed by atoms with E-state index in [0.29, 0.717) is 26.1 Å². The number of nitrogens with two attached hydrogens (primary N) is 1. The Morgan fingerprint density at radius 2 is 1.78 bits per heavy atom. The number of rotatable bonds is 9. The summed E-state index contributed by atoms with van der Waals surface area (Å²) in [4.78, 5) is 15.6. The Kier molecular flexibility index (Phi) is 11.4. The molecule has 2 heterocycles. The Balaban J connectivity index is 0.000000208. The third-order valence-corrected chi connectivity index (χ3v) is 7.98. The summed E-state index contributed by atoms with van der Waals surface area (Å²) in [7, 11) is 0. The van der Waals surface area contributed by atoms with E-state index in [-0.39, 0.29) is 16.6 Å². The third kappa shape index (κ3) is 9.38. The van der Waals surface area contributed by atoms with Crippen LogP contribution in [-0.2, 0) is 9.53 Å². The quantitative estimate of drug-likeness (QED) is 0.130. The first-order chi connectivity index (χ1) is 17.7. The van der Waals surface area contributed by atoms with Crippen LogP contribution in [0, 0.1) is 17.5 Å². The molecule has 0 saturated carbocycles. The number of halogens is 4. The van der Waals surface area contributed by atoms with E-state index in [2.05, 4.69) is 9.62 Å². The molecule has 5 nitrogen and oxygen atoms in total. The highest BCUT2D eigenvalue weighted by Gasteiger charge is 2.36. The van der Waals surface area contributed by atoms with Crippen LogP contribution in [-0.4, -0.2) is 54.6 Å². The van der Waals surface area contributed by atoms with E-state index in [9.17, 15) is 22.4 Å². The summed E-state index contributed by atoms with van der Waals surface area (Å²) >= 11 is 2.59. The second-order valence-corrected chi connectivity index (χ2v) is 11.3. The number of hydrogen-bond acceptors (Lipinski definition) is 6. The topological polar surface area (TPSA) is 67.6 Å². The lowest BCUT2D eigenvalue weighted by Crippen LogP contribution is -2.48. The Morgan fingerprint density at radius 3 is 2.38 bits per heavy atom. The number of benzene rings is 2. The highest BCUT2D eigenvalue weighted by Crippen LogP contribution is 2.28. The van der Waals surface area contributed by atoms with Crippen molar-refractivity contribution < 1.29 is 27.1 Å². The molecular weight excluding hydrogens is 526 g/mol. The molecule has 1 atom stereocenters. The average Bonchev–Trinajstić information content (AvgIpc) is 2.86. The molecule has 3 N–H and O–H groups in total. The number of carbonyl (C=O) groups excluding carboxylic acids is 1. The number of hydrogen-bond donors (Lipinski definition) is 2. The van der Waals surface area contributed by atoms with Crippen molar-refractivity contribution in [2.24, 2.45) is 0 Å². The first kappa shape index (κ1) is 29.6. The number of likely N-dealkylation sites (tertiary alicyclic amines) is 1. The number of nitrogen functional groups attached to an aromatic ring is 1. The molecule has 204 valence electrons. The molecule has 2 aromatic carbocycles. The fraction of sp³-hybridized carbons (Fsp3) is 0.500. The molecule has 4 rings (SSSR count). The fourth-order valence-corrected chi connectivity index (χ4v) is 5.46. The van der Waals surface area contributed by atoms with Gasteiger partial charge in [0.1, 0.15) is 34.9 Å². The van der Waals surface area contributed by atoms with Crippen LogP contribution in [0.1, 0.15) is 39.0 Å². The molecule has 0 aromatic heterocycles. The van der Waals surface area contributed by atoms with Gasteiger partial charge in [-0.1, -0.05) is 0 Å². The van der Waals surface area contributed by atoms with Crippen molar-refractivity contribution in [3.8, 4) is 0 Å². The van der Waals surface area contributed by atoms with Gasteiger partial charge in [-0.25, -0.2) is 17.6 Å². The summed E-state index contributed by atoms with van der Waals surface area (Å²) in [5.74, 6) is -1.14. The van der Waals surface area contributed by atoms with Gasteiger partial charge in [-0.05, 0) is 99.7 Å². The van der Waals surface area contributed by atoms with Gasteiger partial charge in [-0.2, -0.15) is 0 Å². The molecule has 2 aliphatic rings. The van der Waals surface area contributed by atoms with Gasteiger partial charge >= 0.3 is 0 Å². The second-order valence-electron chi connectivity index (χ2n) is 9.24. The van der Waals surface area contributed by atoms with Gasteiger partial charge in [0.15, 0.2) is 0 Å². The number of anilines is 1. The molecule has 0 spiro atoms. The van der Waals surface area contributed by atoms with Crippen molar-refractivity contribution in [1.82, 2.24) is 9.62 Å². The molecular formula is C26H33F4N3O2S2. The lowest BCUT2D eigenvalue weighted by molar-refractivity contribution is -0.148. The Morgan fingerprint density at radius 1 is 1.11 bits per heavy atom. The number of nitrogens with one attached hydrogen (secondary N) is 1. The first-order valence-electron chi connectivity index (χ1n) is 12.3. The predicted octanol–water partition coefficient (Wildman–Crippen LogP) is 5.98. The molecule has 1 amide bonds. The number of amides is 1. The highest BCUT2D eigenvalue weighted by atomic mass is 32.2. The van der Waals surface area contributed by atoms with E-state index in [1.54, 1.807) is 18.7 Å². The zero-order valence-electron chi connectivity index (χ0n) is 20.8. The zero-order chi connectivity index (χ0) is 26.8. The zero-order valence-corrected chi connectivity index (χ0v) is 22.4. The summed E-state index contributed by atoms with van der Waals surface area (Å²) in [5.41, 5.74) is 3.77. The predicted molar refractivity (Wildman–Crippen MR) is 141 cm³/mol. The molecule has 11 heteroatoms. The highest BCUT2D eigenvalue weighted by molar-refractivity contribution is 7.99. The van der Waals surface area contributed by atoms with Crippen molar-refractivity contribution >= 4 is 35.3 Å². The standard InChI is InChI=1S/C13H16F2N2O2S.C13H17F2NS/c1-13(4-2-3-5-19-13)12(18)17-20-8-6-9(14)11(16)10(15)7-8;14-11-3-5-13(6-4-11)17-8-2-1-7-16-9-12(15)10-16/h6-7H,2-5,16H2,1H3,(H,17,18);3-6,12H,1-2,7-10H2.